The molecule has 1 spiro atoms. The summed E-state index contributed by atoms with van der Waals surface area (Å²) in [6, 6.07) is 0. The molecule has 0 aromatic rings. The van der Waals surface area contributed by atoms with Crippen LogP contribution in [0.3, 0.4) is 0 Å². The molecule has 2 heterocycles. The summed E-state index contributed by atoms with van der Waals surface area (Å²) in [6.07, 6.45) is 2.58. The maximum absolute atomic E-state index is 13.0. The molecule has 3 aliphatic rings. The maximum Gasteiger partial charge on any atom is 0.302 e. The van der Waals surface area contributed by atoms with Gasteiger partial charge in [-0.1, -0.05) is 34.3 Å². The van der Waals surface area contributed by atoms with Crippen LogP contribution in [0.4, 0.5) is 0 Å². The molecule has 1 aliphatic carbocycles. The van der Waals surface area contributed by atoms with E-state index in [2.05, 4.69) is 40.4 Å². The van der Waals surface area contributed by atoms with Gasteiger partial charge >= 0.3 is 5.97 Å². The maximum atomic E-state index is 13.0. The van der Waals surface area contributed by atoms with Gasteiger partial charge in [0, 0.05) is 24.8 Å². The minimum Gasteiger partial charge on any atom is -0.462 e. The molecular weight excluding hydrogens is 372 g/mol. The lowest BCUT2D eigenvalue weighted by Gasteiger charge is -2.50. The van der Waals surface area contributed by atoms with Crippen molar-refractivity contribution in [1.29, 1.82) is 0 Å². The van der Waals surface area contributed by atoms with Crippen LogP contribution in [0, 0.1) is 11.8 Å². The molecule has 0 unspecified atom stereocenters. The molecule has 6 heteroatoms. The number of esters is 1. The van der Waals surface area contributed by atoms with Crippen LogP contribution in [0.1, 0.15) is 60.3 Å². The fourth-order valence-electron chi connectivity index (χ4n) is 5.11. The molecule has 0 aromatic carbocycles. The second kappa shape index (κ2) is 6.78. The predicted molar refractivity (Wildman–Crippen MR) is 111 cm³/mol. The third kappa shape index (κ3) is 3.31. The van der Waals surface area contributed by atoms with E-state index >= 15 is 0 Å². The number of ketones is 1. The van der Waals surface area contributed by atoms with Gasteiger partial charge in [0.1, 0.15) is 11.7 Å². The van der Waals surface area contributed by atoms with Crippen LogP contribution in [0.15, 0.2) is 12.2 Å². The third-order valence-corrected chi connectivity index (χ3v) is 12.2. The predicted octanol–water partition coefficient (Wildman–Crippen LogP) is 4.41. The number of ether oxygens (including phenoxy) is 2. The second-order valence-electron chi connectivity index (χ2n) is 10.6. The van der Waals surface area contributed by atoms with Crippen LogP contribution in [-0.2, 0) is 23.5 Å². The Morgan fingerprint density at radius 2 is 1.96 bits per heavy atom. The highest BCUT2D eigenvalue weighted by molar-refractivity contribution is 6.74. The molecule has 3 rings (SSSR count). The number of fused-ring (bicyclic) bond motifs is 1. The fourth-order valence-corrected chi connectivity index (χ4v) is 6.16. The number of rotatable bonds is 4. The third-order valence-electron chi connectivity index (χ3n) is 7.75. The van der Waals surface area contributed by atoms with Gasteiger partial charge in [-0.15, -0.1) is 0 Å². The summed E-state index contributed by atoms with van der Waals surface area (Å²) in [7, 11) is -1.96. The summed E-state index contributed by atoms with van der Waals surface area (Å²) >= 11 is 0. The highest BCUT2D eigenvalue weighted by atomic mass is 28.4. The highest BCUT2D eigenvalue weighted by Gasteiger charge is 2.67. The van der Waals surface area contributed by atoms with Gasteiger partial charge in [-0.2, -0.15) is 0 Å². The average molecular weight is 409 g/mol. The first-order valence-electron chi connectivity index (χ1n) is 10.5. The molecule has 0 N–H and O–H groups in total. The number of Topliss-reactive ketones (excluding diaryl/α,β-unsaturated/α-hetero) is 1. The van der Waals surface area contributed by atoms with E-state index < -0.39 is 19.5 Å². The first-order chi connectivity index (χ1) is 12.7. The zero-order chi connectivity index (χ0) is 21.1. The summed E-state index contributed by atoms with van der Waals surface area (Å²) in [4.78, 5) is 24.5. The number of carbonyl (C=O) groups is 2. The van der Waals surface area contributed by atoms with Crippen molar-refractivity contribution in [3.05, 3.63) is 12.2 Å². The zero-order valence-corrected chi connectivity index (χ0v) is 19.5. The Bertz CT molecular complexity index is 694. The summed E-state index contributed by atoms with van der Waals surface area (Å²) in [5.74, 6) is -0.0919. The largest absolute Gasteiger partial charge is 0.462 e. The van der Waals surface area contributed by atoms with E-state index in [0.29, 0.717) is 18.6 Å². The Labute approximate surface area is 170 Å². The van der Waals surface area contributed by atoms with Crippen molar-refractivity contribution >= 4 is 20.1 Å². The van der Waals surface area contributed by atoms with Crippen LogP contribution in [-0.4, -0.2) is 44.0 Å². The van der Waals surface area contributed by atoms with E-state index in [9.17, 15) is 9.59 Å². The van der Waals surface area contributed by atoms with Crippen molar-refractivity contribution in [2.75, 3.05) is 6.61 Å². The minimum absolute atomic E-state index is 0.0721. The van der Waals surface area contributed by atoms with E-state index in [-0.39, 0.29) is 34.7 Å². The van der Waals surface area contributed by atoms with Crippen molar-refractivity contribution in [2.24, 2.45) is 11.8 Å². The highest BCUT2D eigenvalue weighted by Crippen LogP contribution is 2.60. The monoisotopic (exact) mass is 408 g/mol. The summed E-state index contributed by atoms with van der Waals surface area (Å²) in [6.45, 7) is 19.2. The topological polar surface area (TPSA) is 61.8 Å². The van der Waals surface area contributed by atoms with Gasteiger partial charge in [-0.05, 0) is 43.3 Å². The van der Waals surface area contributed by atoms with Crippen molar-refractivity contribution in [3.63, 3.8) is 0 Å². The molecule has 0 aromatic heterocycles. The van der Waals surface area contributed by atoms with Crippen LogP contribution in [0.2, 0.25) is 18.1 Å². The molecule has 5 nitrogen and oxygen atoms in total. The van der Waals surface area contributed by atoms with Crippen molar-refractivity contribution in [2.45, 2.75) is 95.7 Å². The quantitative estimate of drug-likeness (QED) is 0.392. The molecular formula is C22H36O5Si. The normalized spacial score (nSPS) is 38.3. The lowest BCUT2D eigenvalue weighted by atomic mass is 9.64. The van der Waals surface area contributed by atoms with Crippen molar-refractivity contribution in [1.82, 2.24) is 0 Å². The lowest BCUT2D eigenvalue weighted by Crippen LogP contribution is -2.58. The molecule has 158 valence electrons. The number of carbonyl (C=O) groups excluding carboxylic acids is 2. The van der Waals surface area contributed by atoms with E-state index in [0.717, 1.165) is 19.3 Å². The van der Waals surface area contributed by atoms with Crippen LogP contribution in [0.5, 0.6) is 0 Å². The van der Waals surface area contributed by atoms with Gasteiger partial charge in [0.25, 0.3) is 0 Å². The first kappa shape index (κ1) is 21.7. The Hall–Kier alpha value is -0.983. The summed E-state index contributed by atoms with van der Waals surface area (Å²) in [5, 5.41) is 0.0999. The number of hydrogen-bond acceptors (Lipinski definition) is 5. The molecule has 5 atom stereocenters. The second-order valence-corrected chi connectivity index (χ2v) is 15.4. The van der Waals surface area contributed by atoms with E-state index in [1.165, 1.54) is 6.92 Å². The molecule has 28 heavy (non-hydrogen) atoms. The van der Waals surface area contributed by atoms with Crippen LogP contribution in [0.25, 0.3) is 0 Å². The van der Waals surface area contributed by atoms with E-state index in [1.54, 1.807) is 0 Å². The van der Waals surface area contributed by atoms with Crippen LogP contribution >= 0.6 is 0 Å². The molecule has 2 saturated heterocycles. The van der Waals surface area contributed by atoms with Gasteiger partial charge in [-0.3, -0.25) is 9.59 Å². The zero-order valence-electron chi connectivity index (χ0n) is 18.5. The minimum atomic E-state index is -1.96. The van der Waals surface area contributed by atoms with Gasteiger partial charge in [0.2, 0.25) is 0 Å². The standard InChI is InChI=1S/C22H36O5Si/c1-14-18(24)12-21(13-25-28(7,8)20(4,5)6)11-17-9-10-19(26-16(3)23)15(2)22(14,17)27-21/h15,17,19H,1,9-13H2,2-8H3/t15-,17-,19+,21+,22-/m1/s1. The Balaban J connectivity index is 1.89. The molecule has 1 saturated carbocycles. The number of hydrogen-bond donors (Lipinski definition) is 0. The van der Waals surface area contributed by atoms with Crippen LogP contribution < -0.4 is 0 Å². The Morgan fingerprint density at radius 3 is 2.54 bits per heavy atom. The van der Waals surface area contributed by atoms with Gasteiger partial charge in [-0.25, -0.2) is 0 Å². The SMILES string of the molecule is C=C1C(=O)C[C@]2(CO[Si](C)(C)C(C)(C)C)C[C@H]3CC[C@H](OC(C)=O)[C@@H](C)[C@]13O2. The van der Waals surface area contributed by atoms with E-state index in [1.807, 2.05) is 6.92 Å². The molecule has 2 bridgehead atoms. The fraction of sp³-hybridized carbons (Fsp3) is 0.818. The van der Waals surface area contributed by atoms with Gasteiger partial charge in [0.15, 0.2) is 14.1 Å². The van der Waals surface area contributed by atoms with Gasteiger partial charge < -0.3 is 13.9 Å². The first-order valence-corrected chi connectivity index (χ1v) is 13.4. The summed E-state index contributed by atoms with van der Waals surface area (Å²) < 4.78 is 18.9. The van der Waals surface area contributed by atoms with Crippen molar-refractivity contribution in [3.8, 4) is 0 Å². The lowest BCUT2D eigenvalue weighted by molar-refractivity contribution is -0.191. The average Bonchev–Trinajstić information content (AvgIpc) is 2.86. The Morgan fingerprint density at radius 1 is 1.32 bits per heavy atom. The smallest absolute Gasteiger partial charge is 0.302 e. The van der Waals surface area contributed by atoms with E-state index in [4.69, 9.17) is 13.9 Å². The molecule has 0 amide bonds. The summed E-state index contributed by atoms with van der Waals surface area (Å²) in [5.41, 5.74) is -0.759. The molecule has 0 radical (unpaired) electrons. The Kier molecular flexibility index (Phi) is 5.26. The molecule has 3 fully saturated rings. The van der Waals surface area contributed by atoms with Gasteiger partial charge in [0.05, 0.1) is 12.2 Å². The van der Waals surface area contributed by atoms with Crippen molar-refractivity contribution < 1.29 is 23.5 Å². The molecule has 2 aliphatic heterocycles.